The number of hydrogen-bond acceptors (Lipinski definition) is 5. The lowest BCUT2D eigenvalue weighted by Crippen LogP contribution is -2.45. The van der Waals surface area contributed by atoms with Gasteiger partial charge in [0.15, 0.2) is 0 Å². The molecule has 2 N–H and O–H groups in total. The van der Waals surface area contributed by atoms with Gasteiger partial charge < -0.3 is 10.1 Å². The maximum Gasteiger partial charge on any atom is 0.325 e. The Bertz CT molecular complexity index is 733. The highest BCUT2D eigenvalue weighted by atomic mass is 32.2. The normalized spacial score (nSPS) is 12.4. The second-order valence-corrected chi connectivity index (χ2v) is 6.47. The van der Waals surface area contributed by atoms with Crippen molar-refractivity contribution in [1.82, 2.24) is 4.72 Å². The van der Waals surface area contributed by atoms with Crippen LogP contribution >= 0.6 is 0 Å². The molecule has 0 fully saturated rings. The van der Waals surface area contributed by atoms with Crippen LogP contribution in [0.1, 0.15) is 0 Å². The van der Waals surface area contributed by atoms with E-state index in [1.54, 1.807) is 18.2 Å². The van der Waals surface area contributed by atoms with E-state index in [4.69, 9.17) is 0 Å². The molecule has 0 radical (unpaired) electrons. The molecule has 122 valence electrons. The Hall–Kier alpha value is -2.38. The Morgan fingerprint density at radius 3 is 2.17 bits per heavy atom. The van der Waals surface area contributed by atoms with Crippen molar-refractivity contribution in [3.63, 3.8) is 0 Å². The van der Waals surface area contributed by atoms with E-state index >= 15 is 0 Å². The van der Waals surface area contributed by atoms with Crippen LogP contribution in [0.4, 0.5) is 5.69 Å². The van der Waals surface area contributed by atoms with E-state index in [9.17, 15) is 13.2 Å². The van der Waals surface area contributed by atoms with Gasteiger partial charge in [-0.15, -0.1) is 0 Å². The van der Waals surface area contributed by atoms with E-state index in [0.717, 1.165) is 5.69 Å². The number of methoxy groups -OCH3 is 1. The van der Waals surface area contributed by atoms with Crippen LogP contribution in [-0.2, 0) is 19.6 Å². The molecular formula is C16H18N2O4S. The first-order valence-electron chi connectivity index (χ1n) is 6.97. The minimum atomic E-state index is -3.81. The number of carbonyl (C=O) groups excluding carboxylic acids is 1. The Morgan fingerprint density at radius 2 is 1.61 bits per heavy atom. The maximum absolute atomic E-state index is 12.3. The van der Waals surface area contributed by atoms with Gasteiger partial charge >= 0.3 is 5.97 Å². The quantitative estimate of drug-likeness (QED) is 0.752. The van der Waals surface area contributed by atoms with Crippen LogP contribution in [0.25, 0.3) is 0 Å². The predicted octanol–water partition coefficient (Wildman–Crippen LogP) is 1.62. The maximum atomic E-state index is 12.3. The summed E-state index contributed by atoms with van der Waals surface area (Å²) in [6.45, 7) is 0.0722. The minimum Gasteiger partial charge on any atom is -0.468 e. The molecule has 0 aliphatic carbocycles. The van der Waals surface area contributed by atoms with Crippen molar-refractivity contribution < 1.29 is 17.9 Å². The van der Waals surface area contributed by atoms with Crippen LogP contribution in [0.15, 0.2) is 65.6 Å². The van der Waals surface area contributed by atoms with Crippen molar-refractivity contribution in [2.24, 2.45) is 0 Å². The van der Waals surface area contributed by atoms with Gasteiger partial charge in [-0.1, -0.05) is 36.4 Å². The third-order valence-electron chi connectivity index (χ3n) is 3.12. The zero-order valence-corrected chi connectivity index (χ0v) is 13.4. The molecule has 2 rings (SSSR count). The molecule has 23 heavy (non-hydrogen) atoms. The Kier molecular flexibility index (Phi) is 5.72. The lowest BCUT2D eigenvalue weighted by atomic mass is 10.3. The highest BCUT2D eigenvalue weighted by molar-refractivity contribution is 7.89. The van der Waals surface area contributed by atoms with Crippen LogP contribution in [0.2, 0.25) is 0 Å². The number of ether oxygens (including phenoxy) is 1. The number of nitrogens with one attached hydrogen (secondary N) is 2. The van der Waals surface area contributed by atoms with E-state index < -0.39 is 22.0 Å². The summed E-state index contributed by atoms with van der Waals surface area (Å²) < 4.78 is 31.7. The molecule has 0 spiro atoms. The molecule has 0 bridgehead atoms. The van der Waals surface area contributed by atoms with Crippen LogP contribution < -0.4 is 10.0 Å². The summed E-state index contributed by atoms with van der Waals surface area (Å²) in [5.74, 6) is -0.659. The van der Waals surface area contributed by atoms with Gasteiger partial charge in [0.05, 0.1) is 12.0 Å². The standard InChI is InChI=1S/C16H18N2O4S/c1-22-16(19)15(12-17-13-8-4-2-5-9-13)18-23(20,21)14-10-6-3-7-11-14/h2-11,15,17-18H,12H2,1H3. The molecule has 0 amide bonds. The van der Waals surface area contributed by atoms with Gasteiger partial charge in [0, 0.05) is 12.2 Å². The van der Waals surface area contributed by atoms with Gasteiger partial charge in [-0.05, 0) is 24.3 Å². The van der Waals surface area contributed by atoms with Crippen molar-refractivity contribution in [2.75, 3.05) is 19.0 Å². The van der Waals surface area contributed by atoms with Gasteiger partial charge in [0.1, 0.15) is 6.04 Å². The molecule has 0 aliphatic rings. The number of para-hydroxylation sites is 1. The van der Waals surface area contributed by atoms with Crippen molar-refractivity contribution in [3.8, 4) is 0 Å². The number of sulfonamides is 1. The lowest BCUT2D eigenvalue weighted by molar-refractivity contribution is -0.142. The summed E-state index contributed by atoms with van der Waals surface area (Å²) in [4.78, 5) is 11.9. The van der Waals surface area contributed by atoms with Gasteiger partial charge in [-0.25, -0.2) is 8.42 Å². The van der Waals surface area contributed by atoms with E-state index in [1.807, 2.05) is 30.3 Å². The second kappa shape index (κ2) is 7.75. The SMILES string of the molecule is COC(=O)C(CNc1ccccc1)NS(=O)(=O)c1ccccc1. The fraction of sp³-hybridized carbons (Fsp3) is 0.188. The monoisotopic (exact) mass is 334 g/mol. The molecule has 0 saturated heterocycles. The topological polar surface area (TPSA) is 84.5 Å². The summed E-state index contributed by atoms with van der Waals surface area (Å²) in [7, 11) is -2.59. The second-order valence-electron chi connectivity index (χ2n) is 4.76. The summed E-state index contributed by atoms with van der Waals surface area (Å²) in [5.41, 5.74) is 0.778. The van der Waals surface area contributed by atoms with Crippen molar-refractivity contribution >= 4 is 21.7 Å². The number of hydrogen-bond donors (Lipinski definition) is 2. The minimum absolute atomic E-state index is 0.0722. The Morgan fingerprint density at radius 1 is 1.04 bits per heavy atom. The zero-order chi connectivity index (χ0) is 16.7. The number of benzene rings is 2. The third kappa shape index (κ3) is 4.80. The molecule has 1 atom stereocenters. The highest BCUT2D eigenvalue weighted by Crippen LogP contribution is 2.10. The van der Waals surface area contributed by atoms with E-state index in [-0.39, 0.29) is 11.4 Å². The van der Waals surface area contributed by atoms with Gasteiger partial charge in [0.25, 0.3) is 0 Å². The Labute approximate surface area is 135 Å². The van der Waals surface area contributed by atoms with E-state index in [0.29, 0.717) is 0 Å². The fourth-order valence-electron chi connectivity index (χ4n) is 1.95. The summed E-state index contributed by atoms with van der Waals surface area (Å²) in [6, 6.07) is 16.0. The van der Waals surface area contributed by atoms with Crippen molar-refractivity contribution in [2.45, 2.75) is 10.9 Å². The molecule has 2 aromatic rings. The molecule has 0 aromatic heterocycles. The average molecular weight is 334 g/mol. The van der Waals surface area contributed by atoms with E-state index in [1.165, 1.54) is 19.2 Å². The number of rotatable bonds is 7. The summed E-state index contributed by atoms with van der Waals surface area (Å²) in [5, 5.41) is 3.01. The number of esters is 1. The molecular weight excluding hydrogens is 316 g/mol. The number of carbonyl (C=O) groups is 1. The van der Waals surface area contributed by atoms with Gasteiger partial charge in [-0.2, -0.15) is 4.72 Å². The predicted molar refractivity (Wildman–Crippen MR) is 87.5 cm³/mol. The number of anilines is 1. The van der Waals surface area contributed by atoms with Crippen LogP contribution in [0, 0.1) is 0 Å². The Balaban J connectivity index is 2.11. The lowest BCUT2D eigenvalue weighted by Gasteiger charge is -2.18. The van der Waals surface area contributed by atoms with Crippen molar-refractivity contribution in [1.29, 1.82) is 0 Å². The molecule has 1 unspecified atom stereocenters. The molecule has 0 aliphatic heterocycles. The van der Waals surface area contributed by atoms with Gasteiger partial charge in [0.2, 0.25) is 10.0 Å². The fourth-order valence-corrected chi connectivity index (χ4v) is 3.15. The van der Waals surface area contributed by atoms with E-state index in [2.05, 4.69) is 14.8 Å². The first-order chi connectivity index (χ1) is 11.0. The molecule has 0 heterocycles. The summed E-state index contributed by atoms with van der Waals surface area (Å²) >= 11 is 0. The highest BCUT2D eigenvalue weighted by Gasteiger charge is 2.26. The third-order valence-corrected chi connectivity index (χ3v) is 4.61. The van der Waals surface area contributed by atoms with Crippen LogP contribution in [0.5, 0.6) is 0 Å². The van der Waals surface area contributed by atoms with Gasteiger partial charge in [-0.3, -0.25) is 4.79 Å². The largest absolute Gasteiger partial charge is 0.468 e. The van der Waals surface area contributed by atoms with Crippen molar-refractivity contribution in [3.05, 3.63) is 60.7 Å². The van der Waals surface area contributed by atoms with Crippen LogP contribution in [0.3, 0.4) is 0 Å². The molecule has 2 aromatic carbocycles. The molecule has 0 saturated carbocycles. The zero-order valence-electron chi connectivity index (χ0n) is 12.6. The first-order valence-corrected chi connectivity index (χ1v) is 8.45. The molecule has 7 heteroatoms. The smallest absolute Gasteiger partial charge is 0.325 e. The first kappa shape index (κ1) is 17.0. The van der Waals surface area contributed by atoms with Crippen LogP contribution in [-0.4, -0.2) is 34.1 Å². The summed E-state index contributed by atoms with van der Waals surface area (Å²) in [6.07, 6.45) is 0. The molecule has 6 nitrogen and oxygen atoms in total. The average Bonchev–Trinajstić information content (AvgIpc) is 2.59.